The molecule has 1 saturated heterocycles. The first kappa shape index (κ1) is 44.1. The van der Waals surface area contributed by atoms with E-state index >= 15 is 0 Å². The van der Waals surface area contributed by atoms with Crippen molar-refractivity contribution >= 4 is 23.6 Å². The molecule has 0 spiro atoms. The number of benzene rings is 1. The number of hydrogen-bond acceptors (Lipinski definition) is 8. The van der Waals surface area contributed by atoms with E-state index in [0.29, 0.717) is 18.5 Å². The van der Waals surface area contributed by atoms with Crippen LogP contribution in [0.15, 0.2) is 30.3 Å². The normalized spacial score (nSPS) is 20.1. The monoisotopic (exact) mass is 718 g/mol. The van der Waals surface area contributed by atoms with E-state index in [1.165, 1.54) is 0 Å². The quantitative estimate of drug-likeness (QED) is 0.160. The molecule has 0 saturated carbocycles. The maximum Gasteiger partial charge on any atom is 0.245 e. The molecule has 1 unspecified atom stereocenters. The minimum Gasteiger partial charge on any atom is -0.386 e. The van der Waals surface area contributed by atoms with Crippen molar-refractivity contribution in [3.05, 3.63) is 35.9 Å². The van der Waals surface area contributed by atoms with Gasteiger partial charge in [0.05, 0.1) is 54.8 Å². The second-order valence-corrected chi connectivity index (χ2v) is 15.0. The van der Waals surface area contributed by atoms with Crippen molar-refractivity contribution in [3.63, 3.8) is 0 Å². The number of rotatable bonds is 20. The fourth-order valence-corrected chi connectivity index (χ4v) is 7.42. The van der Waals surface area contributed by atoms with Gasteiger partial charge in [0.2, 0.25) is 23.6 Å². The molecule has 12 nitrogen and oxygen atoms in total. The van der Waals surface area contributed by atoms with Crippen molar-refractivity contribution in [1.29, 1.82) is 0 Å². The van der Waals surface area contributed by atoms with E-state index < -0.39 is 48.4 Å². The highest BCUT2D eigenvalue weighted by Crippen LogP contribution is 2.30. The van der Waals surface area contributed by atoms with Gasteiger partial charge >= 0.3 is 0 Å². The standard InChI is InChI=1S/C39H67N5O7/c1-13-25(6)34(43(10)39(49)33(24(4)5)42-38(48)32(40-9)23(2)3)30(50-11)22-31(45)44-21-17-20-29(44)36(51-12)26(7)37(47)41-27(8)35(46)28-18-15-14-16-19-28/h14-16,18-19,23-27,29-30,32-36,40,46H,13,17,20-22H2,1-12H3,(H,41,47)(H,42,48)/t25-,26?,27+,29-,30+,32-,33-,34-,35+,36+/m0/s1. The van der Waals surface area contributed by atoms with Crippen molar-refractivity contribution in [1.82, 2.24) is 25.8 Å². The van der Waals surface area contributed by atoms with Crippen LogP contribution in [0.25, 0.3) is 0 Å². The van der Waals surface area contributed by atoms with Gasteiger partial charge in [0.15, 0.2) is 0 Å². The van der Waals surface area contributed by atoms with Crippen molar-refractivity contribution in [2.45, 2.75) is 130 Å². The molecule has 51 heavy (non-hydrogen) atoms. The Hall–Kier alpha value is -3.06. The summed E-state index contributed by atoms with van der Waals surface area (Å²) in [4.78, 5) is 58.3. The van der Waals surface area contributed by atoms with Gasteiger partial charge in [-0.1, -0.05) is 85.2 Å². The van der Waals surface area contributed by atoms with Crippen molar-refractivity contribution in [3.8, 4) is 0 Å². The van der Waals surface area contributed by atoms with Crippen LogP contribution in [0, 0.1) is 23.7 Å². The lowest BCUT2D eigenvalue weighted by Crippen LogP contribution is -2.59. The Morgan fingerprint density at radius 2 is 1.53 bits per heavy atom. The highest BCUT2D eigenvalue weighted by molar-refractivity contribution is 5.90. The van der Waals surface area contributed by atoms with Gasteiger partial charge in [0.1, 0.15) is 6.04 Å². The number of nitrogens with one attached hydrogen (secondary N) is 3. The van der Waals surface area contributed by atoms with E-state index in [1.54, 1.807) is 52.0 Å². The molecule has 1 aliphatic heterocycles. The average Bonchev–Trinajstić information content (AvgIpc) is 3.59. The first-order valence-electron chi connectivity index (χ1n) is 18.7. The summed E-state index contributed by atoms with van der Waals surface area (Å²) >= 11 is 0. The third-order valence-electron chi connectivity index (χ3n) is 10.7. The molecule has 1 heterocycles. The number of carbonyl (C=O) groups is 4. The molecule has 0 bridgehead atoms. The zero-order valence-corrected chi connectivity index (χ0v) is 33.1. The number of methoxy groups -OCH3 is 2. The summed E-state index contributed by atoms with van der Waals surface area (Å²) in [5, 5.41) is 19.8. The first-order valence-corrected chi connectivity index (χ1v) is 18.7. The van der Waals surface area contributed by atoms with Gasteiger partial charge in [-0.2, -0.15) is 0 Å². The van der Waals surface area contributed by atoms with E-state index in [1.807, 2.05) is 71.9 Å². The Balaban J connectivity index is 2.24. The molecule has 1 aromatic rings. The average molecular weight is 718 g/mol. The maximum absolute atomic E-state index is 14.1. The van der Waals surface area contributed by atoms with Gasteiger partial charge in [-0.3, -0.25) is 19.2 Å². The van der Waals surface area contributed by atoms with Crippen molar-refractivity contribution in [2.24, 2.45) is 23.7 Å². The van der Waals surface area contributed by atoms with Crippen LogP contribution in [-0.4, -0.2) is 116 Å². The number of aliphatic hydroxyl groups is 1. The number of ether oxygens (including phenoxy) is 2. The van der Waals surface area contributed by atoms with E-state index in [-0.39, 0.29) is 53.8 Å². The van der Waals surface area contributed by atoms with Crippen LogP contribution in [-0.2, 0) is 28.7 Å². The third kappa shape index (κ3) is 11.5. The predicted octanol–water partition coefficient (Wildman–Crippen LogP) is 3.53. The molecule has 0 aromatic heterocycles. The van der Waals surface area contributed by atoms with Crippen LogP contribution in [0.2, 0.25) is 0 Å². The fourth-order valence-electron chi connectivity index (χ4n) is 7.42. The number of likely N-dealkylation sites (tertiary alicyclic amines) is 1. The second kappa shape index (κ2) is 20.8. The summed E-state index contributed by atoms with van der Waals surface area (Å²) < 4.78 is 11.9. The molecule has 1 aromatic carbocycles. The van der Waals surface area contributed by atoms with Gasteiger partial charge in [0, 0.05) is 27.8 Å². The molecule has 1 aliphatic rings. The number of nitrogens with zero attached hydrogens (tertiary/aromatic N) is 2. The highest BCUT2D eigenvalue weighted by atomic mass is 16.5. The van der Waals surface area contributed by atoms with Crippen LogP contribution in [0.4, 0.5) is 0 Å². The van der Waals surface area contributed by atoms with Gasteiger partial charge in [-0.25, -0.2) is 0 Å². The molecular weight excluding hydrogens is 650 g/mol. The first-order chi connectivity index (χ1) is 24.0. The van der Waals surface area contributed by atoms with Gasteiger partial charge in [-0.05, 0) is 50.1 Å². The molecule has 12 heteroatoms. The summed E-state index contributed by atoms with van der Waals surface area (Å²) in [5.41, 5.74) is 0.711. The van der Waals surface area contributed by atoms with Crippen LogP contribution in [0.5, 0.6) is 0 Å². The molecule has 0 radical (unpaired) electrons. The van der Waals surface area contributed by atoms with Crippen molar-refractivity contribution < 1.29 is 33.8 Å². The lowest BCUT2D eigenvalue weighted by molar-refractivity contribution is -0.148. The lowest BCUT2D eigenvalue weighted by atomic mass is 9.89. The maximum atomic E-state index is 14.1. The number of hydrogen-bond donors (Lipinski definition) is 4. The number of aliphatic hydroxyl groups excluding tert-OH is 1. The lowest BCUT2D eigenvalue weighted by Gasteiger charge is -2.41. The summed E-state index contributed by atoms with van der Waals surface area (Å²) in [6.45, 7) is 15.9. The number of likely N-dealkylation sites (N-methyl/N-ethyl adjacent to an activating group) is 2. The zero-order valence-electron chi connectivity index (χ0n) is 33.1. The Kier molecular flexibility index (Phi) is 18.0. The minimum absolute atomic E-state index is 0.0148. The van der Waals surface area contributed by atoms with Crippen LogP contribution < -0.4 is 16.0 Å². The predicted molar refractivity (Wildman–Crippen MR) is 200 cm³/mol. The van der Waals surface area contributed by atoms with Crippen LogP contribution in [0.3, 0.4) is 0 Å². The molecule has 1 fully saturated rings. The van der Waals surface area contributed by atoms with Gasteiger partial charge in [-0.15, -0.1) is 0 Å². The van der Waals surface area contributed by atoms with E-state index in [0.717, 1.165) is 12.8 Å². The van der Waals surface area contributed by atoms with E-state index in [9.17, 15) is 24.3 Å². The Morgan fingerprint density at radius 1 is 0.922 bits per heavy atom. The molecule has 10 atom stereocenters. The van der Waals surface area contributed by atoms with E-state index in [4.69, 9.17) is 9.47 Å². The summed E-state index contributed by atoms with van der Waals surface area (Å²) in [6, 6.07) is 6.67. The van der Waals surface area contributed by atoms with Gasteiger partial charge in [0.25, 0.3) is 0 Å². The number of amides is 4. The van der Waals surface area contributed by atoms with Crippen LogP contribution in [0.1, 0.15) is 92.7 Å². The molecule has 290 valence electrons. The fraction of sp³-hybridized carbons (Fsp3) is 0.744. The second-order valence-electron chi connectivity index (χ2n) is 15.0. The number of carbonyl (C=O) groups excluding carboxylic acids is 4. The Bertz CT molecular complexity index is 1250. The van der Waals surface area contributed by atoms with Crippen molar-refractivity contribution in [2.75, 3.05) is 34.9 Å². The zero-order chi connectivity index (χ0) is 38.6. The Morgan fingerprint density at radius 3 is 2.04 bits per heavy atom. The summed E-state index contributed by atoms with van der Waals surface area (Å²) in [6.07, 6.45) is 0.147. The SMILES string of the molecule is CC[C@H](C)[C@@H]([C@@H](CC(=O)N1CCC[C@H]1[C@H](OC)C(C)C(=O)N[C@H](C)[C@@H](O)c1ccccc1)OC)N(C)C(=O)[C@@H](NC(=O)[C@@H](NC)C(C)C)C(C)C. The molecule has 4 amide bonds. The van der Waals surface area contributed by atoms with E-state index in [2.05, 4.69) is 16.0 Å². The Labute approximate surface area is 306 Å². The molecular formula is C39H67N5O7. The summed E-state index contributed by atoms with van der Waals surface area (Å²) in [7, 11) is 6.57. The highest BCUT2D eigenvalue weighted by Gasteiger charge is 2.43. The largest absolute Gasteiger partial charge is 0.386 e. The smallest absolute Gasteiger partial charge is 0.245 e. The molecule has 0 aliphatic carbocycles. The molecule has 4 N–H and O–H groups in total. The topological polar surface area (TPSA) is 150 Å². The minimum atomic E-state index is -0.875. The molecule has 2 rings (SSSR count). The third-order valence-corrected chi connectivity index (χ3v) is 10.7. The summed E-state index contributed by atoms with van der Waals surface area (Å²) in [5.74, 6) is -1.62. The van der Waals surface area contributed by atoms with Gasteiger partial charge < -0.3 is 40.3 Å². The van der Waals surface area contributed by atoms with Crippen LogP contribution >= 0.6 is 0 Å².